The van der Waals surface area contributed by atoms with E-state index in [2.05, 4.69) is 31.6 Å². The van der Waals surface area contributed by atoms with Gasteiger partial charge in [0.05, 0.1) is 6.04 Å². The Morgan fingerprint density at radius 1 is 1.22 bits per heavy atom. The Kier molecular flexibility index (Phi) is 6.17. The van der Waals surface area contributed by atoms with Crippen molar-refractivity contribution in [2.45, 2.75) is 13.0 Å². The first-order valence-corrected chi connectivity index (χ1v) is 7.94. The van der Waals surface area contributed by atoms with Gasteiger partial charge in [0.25, 0.3) is 0 Å². The number of guanidine groups is 1. The minimum atomic E-state index is -0.979. The zero-order chi connectivity index (χ0) is 16.7. The first kappa shape index (κ1) is 17.0. The molecule has 2 aromatic carbocycles. The third-order valence-electron chi connectivity index (χ3n) is 3.11. The molecule has 6 heteroatoms. The van der Waals surface area contributed by atoms with Gasteiger partial charge in [0.2, 0.25) is 0 Å². The monoisotopic (exact) mass is 375 g/mol. The van der Waals surface area contributed by atoms with Crippen molar-refractivity contribution < 1.29 is 9.90 Å². The number of halogens is 1. The molecule has 0 aliphatic carbocycles. The van der Waals surface area contributed by atoms with Gasteiger partial charge in [-0.2, -0.15) is 0 Å². The number of hydrogen-bond donors (Lipinski definition) is 3. The van der Waals surface area contributed by atoms with Crippen LogP contribution in [0.2, 0.25) is 0 Å². The molecule has 3 N–H and O–H groups in total. The average Bonchev–Trinajstić information content (AvgIpc) is 2.53. The van der Waals surface area contributed by atoms with Crippen LogP contribution in [0.1, 0.15) is 18.5 Å². The summed E-state index contributed by atoms with van der Waals surface area (Å²) in [6.45, 7) is 1.69. The summed E-state index contributed by atoms with van der Waals surface area (Å²) in [5.41, 5.74) is 1.91. The van der Waals surface area contributed by atoms with Crippen molar-refractivity contribution in [1.29, 1.82) is 0 Å². The van der Waals surface area contributed by atoms with Crippen molar-refractivity contribution in [2.75, 3.05) is 11.9 Å². The molecule has 2 aromatic rings. The zero-order valence-corrected chi connectivity index (χ0v) is 14.2. The van der Waals surface area contributed by atoms with E-state index in [1.165, 1.54) is 0 Å². The average molecular weight is 376 g/mol. The second-order valence-electron chi connectivity index (χ2n) is 4.97. The van der Waals surface area contributed by atoms with E-state index in [0.29, 0.717) is 5.96 Å². The first-order valence-electron chi connectivity index (χ1n) is 7.15. The van der Waals surface area contributed by atoms with Gasteiger partial charge in [-0.1, -0.05) is 52.3 Å². The van der Waals surface area contributed by atoms with Gasteiger partial charge in [-0.15, -0.1) is 0 Å². The summed E-state index contributed by atoms with van der Waals surface area (Å²) in [5, 5.41) is 15.2. The molecule has 0 saturated heterocycles. The van der Waals surface area contributed by atoms with Crippen LogP contribution in [-0.4, -0.2) is 23.6 Å². The lowest BCUT2D eigenvalue weighted by molar-refractivity contribution is -0.135. The van der Waals surface area contributed by atoms with E-state index in [1.54, 1.807) is 0 Å². The van der Waals surface area contributed by atoms with E-state index < -0.39 is 5.97 Å². The molecule has 0 aromatic heterocycles. The van der Waals surface area contributed by atoms with E-state index in [9.17, 15) is 4.79 Å². The van der Waals surface area contributed by atoms with Crippen molar-refractivity contribution in [1.82, 2.24) is 5.32 Å². The Hall–Kier alpha value is -2.34. The smallest absolute Gasteiger partial charge is 0.325 e. The predicted octanol–water partition coefficient (Wildman–Crippen LogP) is 3.65. The van der Waals surface area contributed by atoms with Crippen LogP contribution in [0.25, 0.3) is 0 Å². The van der Waals surface area contributed by atoms with E-state index in [-0.39, 0.29) is 12.6 Å². The van der Waals surface area contributed by atoms with Crippen LogP contribution >= 0.6 is 15.9 Å². The highest BCUT2D eigenvalue weighted by Crippen LogP contribution is 2.16. The molecule has 0 fully saturated rings. The summed E-state index contributed by atoms with van der Waals surface area (Å²) in [4.78, 5) is 14.9. The number of anilines is 1. The van der Waals surface area contributed by atoms with Gasteiger partial charge in [0, 0.05) is 10.2 Å². The van der Waals surface area contributed by atoms with E-state index in [1.807, 2.05) is 61.5 Å². The van der Waals surface area contributed by atoms with Crippen LogP contribution < -0.4 is 10.6 Å². The van der Waals surface area contributed by atoms with Crippen LogP contribution in [0.15, 0.2) is 64.1 Å². The second kappa shape index (κ2) is 8.33. The number of carbonyl (C=O) groups is 1. The standard InChI is InChI=1S/C17H18BrN3O2/c1-12(13-6-3-2-4-7-13)20-17(19-11-16(22)23)21-15-9-5-8-14(18)10-15/h2-10,12H,11H2,1H3,(H,22,23)(H2,19,20,21)/t12-/m0/s1. The molecular formula is C17H18BrN3O2. The molecule has 5 nitrogen and oxygen atoms in total. The van der Waals surface area contributed by atoms with Crippen molar-refractivity contribution in [3.8, 4) is 0 Å². The number of nitrogens with zero attached hydrogens (tertiary/aromatic N) is 1. The molecule has 120 valence electrons. The Morgan fingerprint density at radius 3 is 2.61 bits per heavy atom. The topological polar surface area (TPSA) is 73.7 Å². The minimum Gasteiger partial charge on any atom is -0.480 e. The molecule has 2 rings (SSSR count). The van der Waals surface area contributed by atoms with Crippen LogP contribution in [-0.2, 0) is 4.79 Å². The van der Waals surface area contributed by atoms with E-state index >= 15 is 0 Å². The van der Waals surface area contributed by atoms with Crippen molar-refractivity contribution in [3.05, 3.63) is 64.6 Å². The van der Waals surface area contributed by atoms with Gasteiger partial charge >= 0.3 is 5.97 Å². The molecule has 1 atom stereocenters. The largest absolute Gasteiger partial charge is 0.480 e. The van der Waals surface area contributed by atoms with E-state index in [0.717, 1.165) is 15.7 Å². The highest BCUT2D eigenvalue weighted by Gasteiger charge is 2.09. The van der Waals surface area contributed by atoms with Crippen molar-refractivity contribution in [2.24, 2.45) is 4.99 Å². The molecule has 0 saturated carbocycles. The molecule has 0 aliphatic heterocycles. The number of benzene rings is 2. The summed E-state index contributed by atoms with van der Waals surface area (Å²) in [6.07, 6.45) is 0. The van der Waals surface area contributed by atoms with Gasteiger partial charge in [-0.3, -0.25) is 4.79 Å². The number of aliphatic carboxylic acids is 1. The van der Waals surface area contributed by atoms with Crippen molar-refractivity contribution in [3.63, 3.8) is 0 Å². The summed E-state index contributed by atoms with van der Waals surface area (Å²) < 4.78 is 0.927. The summed E-state index contributed by atoms with van der Waals surface area (Å²) in [6, 6.07) is 17.5. The number of carboxylic acid groups (broad SMARTS) is 1. The molecule has 0 aliphatic rings. The maximum Gasteiger partial charge on any atom is 0.325 e. The molecule has 0 radical (unpaired) electrons. The molecular weight excluding hydrogens is 358 g/mol. The highest BCUT2D eigenvalue weighted by atomic mass is 79.9. The molecule has 0 unspecified atom stereocenters. The third kappa shape index (κ3) is 5.75. The van der Waals surface area contributed by atoms with Gasteiger partial charge in [-0.25, -0.2) is 4.99 Å². The SMILES string of the molecule is C[C@H](NC(=NCC(=O)O)Nc1cccc(Br)c1)c1ccccc1. The second-order valence-corrected chi connectivity index (χ2v) is 5.89. The summed E-state index contributed by atoms with van der Waals surface area (Å²) in [5.74, 6) is -0.561. The quantitative estimate of drug-likeness (QED) is 0.550. The van der Waals surface area contributed by atoms with Gasteiger partial charge in [0.15, 0.2) is 5.96 Å². The Morgan fingerprint density at radius 2 is 1.96 bits per heavy atom. The molecule has 23 heavy (non-hydrogen) atoms. The highest BCUT2D eigenvalue weighted by molar-refractivity contribution is 9.10. The normalized spacial score (nSPS) is 12.5. The lowest BCUT2D eigenvalue weighted by atomic mass is 10.1. The molecule has 0 spiro atoms. The lowest BCUT2D eigenvalue weighted by Gasteiger charge is -2.18. The van der Waals surface area contributed by atoms with E-state index in [4.69, 9.17) is 5.11 Å². The summed E-state index contributed by atoms with van der Waals surface area (Å²) >= 11 is 3.41. The number of aliphatic imine (C=N–C) groups is 1. The van der Waals surface area contributed by atoms with Crippen LogP contribution in [0.3, 0.4) is 0 Å². The molecule has 0 bridgehead atoms. The predicted molar refractivity (Wildman–Crippen MR) is 95.7 cm³/mol. The number of rotatable bonds is 5. The Labute approximate surface area is 143 Å². The Balaban J connectivity index is 2.14. The number of carboxylic acids is 1. The van der Waals surface area contributed by atoms with Gasteiger partial charge in [-0.05, 0) is 30.7 Å². The van der Waals surface area contributed by atoms with Crippen LogP contribution in [0.4, 0.5) is 5.69 Å². The fourth-order valence-corrected chi connectivity index (χ4v) is 2.40. The molecule has 0 amide bonds. The third-order valence-corrected chi connectivity index (χ3v) is 3.61. The van der Waals surface area contributed by atoms with Crippen molar-refractivity contribution >= 4 is 33.5 Å². The number of hydrogen-bond acceptors (Lipinski definition) is 2. The van der Waals surface area contributed by atoms with Gasteiger partial charge in [0.1, 0.15) is 6.54 Å². The Bertz CT molecular complexity index is 689. The number of nitrogens with one attached hydrogen (secondary N) is 2. The summed E-state index contributed by atoms with van der Waals surface area (Å²) in [7, 11) is 0. The minimum absolute atomic E-state index is 0.0107. The zero-order valence-electron chi connectivity index (χ0n) is 12.7. The first-order chi connectivity index (χ1) is 11.0. The fraction of sp³-hybridized carbons (Fsp3) is 0.176. The maximum atomic E-state index is 10.8. The lowest BCUT2D eigenvalue weighted by Crippen LogP contribution is -2.33. The van der Waals surface area contributed by atoms with Gasteiger partial charge < -0.3 is 15.7 Å². The fourth-order valence-electron chi connectivity index (χ4n) is 2.00. The molecule has 0 heterocycles. The van der Waals surface area contributed by atoms with Crippen LogP contribution in [0.5, 0.6) is 0 Å². The maximum absolute atomic E-state index is 10.8. The van der Waals surface area contributed by atoms with Crippen LogP contribution in [0, 0.1) is 0 Å².